The Bertz CT molecular complexity index is 1610. The van der Waals surface area contributed by atoms with Gasteiger partial charge in [0.05, 0.1) is 5.69 Å². The van der Waals surface area contributed by atoms with E-state index in [1.807, 2.05) is 60.7 Å². The van der Waals surface area contributed by atoms with Gasteiger partial charge in [0.1, 0.15) is 16.7 Å². The van der Waals surface area contributed by atoms with E-state index in [4.69, 9.17) is 15.0 Å². The molecule has 0 amide bonds. The van der Waals surface area contributed by atoms with E-state index < -0.39 is 0 Å². The van der Waals surface area contributed by atoms with Gasteiger partial charge >= 0.3 is 0 Å². The molecule has 3 nitrogen and oxygen atoms in total. The average molecular weight is 488 g/mol. The van der Waals surface area contributed by atoms with Gasteiger partial charge in [0.15, 0.2) is 5.82 Å². The average Bonchev–Trinajstić information content (AvgIpc) is 2.88. The number of halogens is 1. The Morgan fingerprint density at radius 3 is 1.76 bits per heavy atom. The maximum Gasteiger partial charge on any atom is 0.160 e. The predicted molar refractivity (Wildman–Crippen MR) is 139 cm³/mol. The van der Waals surface area contributed by atoms with Crippen LogP contribution in [0.3, 0.4) is 0 Å². The Balaban J connectivity index is 1.76. The highest BCUT2D eigenvalue weighted by molar-refractivity contribution is 9.10. The highest BCUT2D eigenvalue weighted by Gasteiger charge is 2.18. The molecule has 0 fully saturated rings. The lowest BCUT2D eigenvalue weighted by atomic mass is 10.0. The van der Waals surface area contributed by atoms with Crippen LogP contribution in [0.5, 0.6) is 0 Å². The Hall–Kier alpha value is -3.89. The van der Waals surface area contributed by atoms with Crippen LogP contribution in [0, 0.1) is 0 Å². The third-order valence-electron chi connectivity index (χ3n) is 5.72. The number of rotatable bonds is 3. The van der Waals surface area contributed by atoms with E-state index in [1.165, 1.54) is 0 Å². The van der Waals surface area contributed by atoms with Crippen LogP contribution < -0.4 is 0 Å². The number of hydrogen-bond acceptors (Lipinski definition) is 3. The Labute approximate surface area is 199 Å². The zero-order chi connectivity index (χ0) is 22.2. The Morgan fingerprint density at radius 2 is 1.06 bits per heavy atom. The number of aromatic nitrogens is 3. The SMILES string of the molecule is Brc1cccc(-c2nc(-c3ccccc3)c3nc(-c4ccccc4)c4ccccc4c3n2)c1. The lowest BCUT2D eigenvalue weighted by molar-refractivity contribution is 1.21. The van der Waals surface area contributed by atoms with E-state index in [9.17, 15) is 0 Å². The molecule has 0 saturated heterocycles. The van der Waals surface area contributed by atoms with Crippen LogP contribution in [-0.2, 0) is 0 Å². The van der Waals surface area contributed by atoms with Crippen molar-refractivity contribution in [1.82, 2.24) is 15.0 Å². The molecule has 0 radical (unpaired) electrons. The van der Waals surface area contributed by atoms with Crippen molar-refractivity contribution in [1.29, 1.82) is 0 Å². The van der Waals surface area contributed by atoms with Crippen molar-refractivity contribution in [2.45, 2.75) is 0 Å². The molecule has 0 spiro atoms. The molecule has 6 aromatic rings. The molecule has 0 aliphatic heterocycles. The molecule has 0 aliphatic carbocycles. The standard InChI is InChI=1S/C29H18BrN3/c30-22-15-9-14-21(18-22)29-32-26(20-12-5-2-6-13-20)28-27(33-29)24-17-8-7-16-23(24)25(31-28)19-10-3-1-4-11-19/h1-18H. The quantitative estimate of drug-likeness (QED) is 0.237. The summed E-state index contributed by atoms with van der Waals surface area (Å²) in [5.74, 6) is 0.682. The first-order chi connectivity index (χ1) is 16.3. The van der Waals surface area contributed by atoms with Crippen LogP contribution in [0.2, 0.25) is 0 Å². The van der Waals surface area contributed by atoms with E-state index in [0.29, 0.717) is 5.82 Å². The van der Waals surface area contributed by atoms with Crippen molar-refractivity contribution >= 4 is 37.7 Å². The van der Waals surface area contributed by atoms with E-state index in [0.717, 1.165) is 54.4 Å². The summed E-state index contributed by atoms with van der Waals surface area (Å²) in [4.78, 5) is 15.2. The van der Waals surface area contributed by atoms with Gasteiger partial charge in [0.25, 0.3) is 0 Å². The molecule has 0 atom stereocenters. The lowest BCUT2D eigenvalue weighted by Crippen LogP contribution is -1.99. The van der Waals surface area contributed by atoms with Gasteiger partial charge in [-0.3, -0.25) is 0 Å². The molecule has 33 heavy (non-hydrogen) atoms. The molecule has 0 unspecified atom stereocenters. The second kappa shape index (κ2) is 8.23. The number of benzene rings is 4. The summed E-state index contributed by atoms with van der Waals surface area (Å²) in [5, 5.41) is 2.14. The summed E-state index contributed by atoms with van der Waals surface area (Å²) in [6.07, 6.45) is 0. The van der Waals surface area contributed by atoms with E-state index >= 15 is 0 Å². The molecule has 4 heteroatoms. The van der Waals surface area contributed by atoms with E-state index in [1.54, 1.807) is 0 Å². The molecular weight excluding hydrogens is 470 g/mol. The summed E-state index contributed by atoms with van der Waals surface area (Å²) < 4.78 is 0.993. The minimum Gasteiger partial charge on any atom is -0.243 e. The number of nitrogens with zero attached hydrogens (tertiary/aromatic N) is 3. The fraction of sp³-hybridized carbons (Fsp3) is 0. The van der Waals surface area contributed by atoms with Crippen LogP contribution in [0.25, 0.3) is 55.7 Å². The summed E-state index contributed by atoms with van der Waals surface area (Å²) >= 11 is 3.58. The van der Waals surface area contributed by atoms with Gasteiger partial charge < -0.3 is 0 Å². The van der Waals surface area contributed by atoms with Crippen LogP contribution in [0.4, 0.5) is 0 Å². The van der Waals surface area contributed by atoms with Gasteiger partial charge in [-0.05, 0) is 12.1 Å². The maximum absolute atomic E-state index is 5.17. The van der Waals surface area contributed by atoms with Crippen molar-refractivity contribution < 1.29 is 0 Å². The summed E-state index contributed by atoms with van der Waals surface area (Å²) in [6, 6.07) is 37.0. The molecule has 4 aromatic carbocycles. The van der Waals surface area contributed by atoms with E-state index in [-0.39, 0.29) is 0 Å². The number of pyridine rings is 1. The molecule has 6 rings (SSSR count). The smallest absolute Gasteiger partial charge is 0.160 e. The van der Waals surface area contributed by atoms with Crippen LogP contribution >= 0.6 is 15.9 Å². The second-order valence-electron chi connectivity index (χ2n) is 7.84. The van der Waals surface area contributed by atoms with Crippen LogP contribution in [0.15, 0.2) is 114 Å². The molecule has 0 saturated carbocycles. The van der Waals surface area contributed by atoms with Crippen LogP contribution in [0.1, 0.15) is 0 Å². The highest BCUT2D eigenvalue weighted by Crippen LogP contribution is 2.36. The highest BCUT2D eigenvalue weighted by atomic mass is 79.9. The van der Waals surface area contributed by atoms with Gasteiger partial charge in [-0.2, -0.15) is 0 Å². The summed E-state index contributed by atoms with van der Waals surface area (Å²) in [5.41, 5.74) is 6.48. The first kappa shape index (κ1) is 19.8. The zero-order valence-corrected chi connectivity index (χ0v) is 19.2. The molecule has 0 N–H and O–H groups in total. The summed E-state index contributed by atoms with van der Waals surface area (Å²) in [6.45, 7) is 0. The first-order valence-electron chi connectivity index (χ1n) is 10.8. The van der Waals surface area contributed by atoms with Crippen molar-refractivity contribution in [2.75, 3.05) is 0 Å². The minimum atomic E-state index is 0.682. The fourth-order valence-corrected chi connectivity index (χ4v) is 4.59. The van der Waals surface area contributed by atoms with Gasteiger partial charge in [0, 0.05) is 31.9 Å². The fourth-order valence-electron chi connectivity index (χ4n) is 4.19. The maximum atomic E-state index is 5.17. The van der Waals surface area contributed by atoms with Crippen molar-refractivity contribution in [3.8, 4) is 33.9 Å². The molecule has 2 aromatic heterocycles. The monoisotopic (exact) mass is 487 g/mol. The third kappa shape index (κ3) is 3.59. The molecule has 156 valence electrons. The summed E-state index contributed by atoms with van der Waals surface area (Å²) in [7, 11) is 0. The van der Waals surface area contributed by atoms with Gasteiger partial charge in [-0.25, -0.2) is 15.0 Å². The van der Waals surface area contributed by atoms with Gasteiger partial charge in [0.2, 0.25) is 0 Å². The third-order valence-corrected chi connectivity index (χ3v) is 6.22. The molecule has 2 heterocycles. The van der Waals surface area contributed by atoms with Crippen molar-refractivity contribution in [2.24, 2.45) is 0 Å². The second-order valence-corrected chi connectivity index (χ2v) is 8.76. The van der Waals surface area contributed by atoms with Gasteiger partial charge in [-0.1, -0.05) is 113 Å². The number of hydrogen-bond donors (Lipinski definition) is 0. The predicted octanol–water partition coefficient (Wildman–Crippen LogP) is 7.94. The van der Waals surface area contributed by atoms with E-state index in [2.05, 4.69) is 64.5 Å². The zero-order valence-electron chi connectivity index (χ0n) is 17.6. The van der Waals surface area contributed by atoms with Gasteiger partial charge in [-0.15, -0.1) is 0 Å². The molecule has 0 bridgehead atoms. The topological polar surface area (TPSA) is 38.7 Å². The van der Waals surface area contributed by atoms with Crippen LogP contribution in [-0.4, -0.2) is 15.0 Å². The largest absolute Gasteiger partial charge is 0.243 e. The Kier molecular flexibility index (Phi) is 4.93. The van der Waals surface area contributed by atoms with Crippen molar-refractivity contribution in [3.05, 3.63) is 114 Å². The Morgan fingerprint density at radius 1 is 0.455 bits per heavy atom. The molecular formula is C29H18BrN3. The minimum absolute atomic E-state index is 0.682. The number of fused-ring (bicyclic) bond motifs is 3. The lowest BCUT2D eigenvalue weighted by Gasteiger charge is -2.14. The molecule has 0 aliphatic rings. The van der Waals surface area contributed by atoms with Crippen molar-refractivity contribution in [3.63, 3.8) is 0 Å². The first-order valence-corrected chi connectivity index (χ1v) is 11.5. The normalized spacial score (nSPS) is 11.2.